The van der Waals surface area contributed by atoms with Gasteiger partial charge in [-0.05, 0) is 26.2 Å². The number of rotatable bonds is 3. The molecular weight excluding hydrogens is 274 g/mol. The van der Waals surface area contributed by atoms with Crippen LogP contribution in [0.3, 0.4) is 0 Å². The standard InChI is InChI=1S/C14H19N3O4/c1-10-8-11(15-21-10)12-4-2-3-5-17(12)13(18)9-16-6-7-20-14(16)19/h8,12H,2-7,9H2,1H3/t12-/m0/s1. The maximum atomic E-state index is 12.5. The number of amides is 2. The van der Waals surface area contributed by atoms with Crippen molar-refractivity contribution in [1.29, 1.82) is 0 Å². The molecule has 0 saturated carbocycles. The Morgan fingerprint density at radius 1 is 1.43 bits per heavy atom. The van der Waals surface area contributed by atoms with Crippen LogP contribution in [0, 0.1) is 6.92 Å². The molecule has 3 heterocycles. The van der Waals surface area contributed by atoms with Crippen molar-refractivity contribution in [1.82, 2.24) is 15.0 Å². The highest BCUT2D eigenvalue weighted by molar-refractivity contribution is 5.83. The third-order valence-electron chi connectivity index (χ3n) is 3.98. The number of aromatic nitrogens is 1. The van der Waals surface area contributed by atoms with E-state index in [4.69, 9.17) is 9.26 Å². The topological polar surface area (TPSA) is 75.9 Å². The van der Waals surface area contributed by atoms with Crippen molar-refractivity contribution in [3.05, 3.63) is 17.5 Å². The van der Waals surface area contributed by atoms with Crippen LogP contribution in [0.4, 0.5) is 4.79 Å². The number of aryl methyl sites for hydroxylation is 1. The molecule has 7 nitrogen and oxygen atoms in total. The molecule has 0 bridgehead atoms. The van der Waals surface area contributed by atoms with Gasteiger partial charge in [0.2, 0.25) is 5.91 Å². The summed E-state index contributed by atoms with van der Waals surface area (Å²) in [5.41, 5.74) is 0.796. The Morgan fingerprint density at radius 3 is 2.95 bits per heavy atom. The van der Waals surface area contributed by atoms with Crippen molar-refractivity contribution < 1.29 is 18.8 Å². The van der Waals surface area contributed by atoms with Crippen molar-refractivity contribution in [2.24, 2.45) is 0 Å². The van der Waals surface area contributed by atoms with Gasteiger partial charge in [-0.15, -0.1) is 0 Å². The van der Waals surface area contributed by atoms with Crippen LogP contribution in [0.2, 0.25) is 0 Å². The highest BCUT2D eigenvalue weighted by atomic mass is 16.6. The smallest absolute Gasteiger partial charge is 0.410 e. The summed E-state index contributed by atoms with van der Waals surface area (Å²) in [4.78, 5) is 27.2. The third kappa shape index (κ3) is 2.86. The van der Waals surface area contributed by atoms with Gasteiger partial charge >= 0.3 is 6.09 Å². The Labute approximate surface area is 122 Å². The van der Waals surface area contributed by atoms with E-state index in [0.29, 0.717) is 19.7 Å². The van der Waals surface area contributed by atoms with E-state index in [0.717, 1.165) is 30.7 Å². The monoisotopic (exact) mass is 293 g/mol. The van der Waals surface area contributed by atoms with E-state index in [1.807, 2.05) is 17.9 Å². The molecule has 0 aliphatic carbocycles. The van der Waals surface area contributed by atoms with Gasteiger partial charge in [-0.1, -0.05) is 5.16 Å². The molecule has 2 saturated heterocycles. The lowest BCUT2D eigenvalue weighted by atomic mass is 9.99. The number of piperidine rings is 1. The molecule has 2 aliphatic heterocycles. The first-order valence-corrected chi connectivity index (χ1v) is 7.29. The lowest BCUT2D eigenvalue weighted by Gasteiger charge is -2.35. The normalized spacial score (nSPS) is 22.5. The predicted octanol–water partition coefficient (Wildman–Crippen LogP) is 1.49. The first-order chi connectivity index (χ1) is 10.1. The zero-order valence-corrected chi connectivity index (χ0v) is 12.1. The zero-order valence-electron chi connectivity index (χ0n) is 12.1. The van der Waals surface area contributed by atoms with Crippen LogP contribution in [0.1, 0.15) is 36.8 Å². The molecule has 1 atom stereocenters. The van der Waals surface area contributed by atoms with Crippen molar-refractivity contribution in [3.63, 3.8) is 0 Å². The summed E-state index contributed by atoms with van der Waals surface area (Å²) in [6.07, 6.45) is 2.51. The Hall–Kier alpha value is -2.05. The first-order valence-electron chi connectivity index (χ1n) is 7.29. The molecule has 0 N–H and O–H groups in total. The van der Waals surface area contributed by atoms with E-state index in [9.17, 15) is 9.59 Å². The van der Waals surface area contributed by atoms with Gasteiger partial charge in [0.1, 0.15) is 24.6 Å². The number of hydrogen-bond donors (Lipinski definition) is 0. The summed E-state index contributed by atoms with van der Waals surface area (Å²) >= 11 is 0. The second kappa shape index (κ2) is 5.75. The molecule has 1 aromatic heterocycles. The third-order valence-corrected chi connectivity index (χ3v) is 3.98. The van der Waals surface area contributed by atoms with Gasteiger partial charge in [0.25, 0.3) is 0 Å². The van der Waals surface area contributed by atoms with Crippen molar-refractivity contribution in [2.45, 2.75) is 32.2 Å². The molecule has 0 unspecified atom stereocenters. The van der Waals surface area contributed by atoms with Gasteiger partial charge in [-0.25, -0.2) is 4.79 Å². The average Bonchev–Trinajstić information content (AvgIpc) is 3.08. The van der Waals surface area contributed by atoms with Crippen LogP contribution in [0.15, 0.2) is 10.6 Å². The lowest BCUT2D eigenvalue weighted by Crippen LogP contribution is -2.44. The molecule has 21 heavy (non-hydrogen) atoms. The molecule has 1 aromatic rings. The quantitative estimate of drug-likeness (QED) is 0.844. The van der Waals surface area contributed by atoms with Gasteiger partial charge in [-0.3, -0.25) is 9.69 Å². The number of carbonyl (C=O) groups excluding carboxylic acids is 2. The number of carbonyl (C=O) groups is 2. The van der Waals surface area contributed by atoms with Crippen molar-refractivity contribution >= 4 is 12.0 Å². The van der Waals surface area contributed by atoms with Crippen LogP contribution < -0.4 is 0 Å². The lowest BCUT2D eigenvalue weighted by molar-refractivity contribution is -0.135. The minimum Gasteiger partial charge on any atom is -0.448 e. The van der Waals surface area contributed by atoms with E-state index in [1.54, 1.807) is 0 Å². The predicted molar refractivity (Wildman–Crippen MR) is 72.5 cm³/mol. The van der Waals surface area contributed by atoms with Crippen LogP contribution in [0.5, 0.6) is 0 Å². The number of cyclic esters (lactones) is 1. The number of hydrogen-bond acceptors (Lipinski definition) is 5. The van der Waals surface area contributed by atoms with Crippen LogP contribution >= 0.6 is 0 Å². The molecule has 114 valence electrons. The second-order valence-corrected chi connectivity index (χ2v) is 5.50. The Balaban J connectivity index is 1.71. The minimum absolute atomic E-state index is 0.0534. The van der Waals surface area contributed by atoms with Gasteiger partial charge < -0.3 is 14.2 Å². The fourth-order valence-corrected chi connectivity index (χ4v) is 2.90. The molecule has 0 radical (unpaired) electrons. The molecule has 0 spiro atoms. The van der Waals surface area contributed by atoms with Crippen LogP contribution in [-0.4, -0.2) is 53.2 Å². The summed E-state index contributed by atoms with van der Waals surface area (Å²) < 4.78 is 9.98. The fourth-order valence-electron chi connectivity index (χ4n) is 2.90. The molecule has 3 rings (SSSR count). The second-order valence-electron chi connectivity index (χ2n) is 5.50. The Bertz CT molecular complexity index is 542. The molecule has 2 amide bonds. The Kier molecular flexibility index (Phi) is 3.81. The highest BCUT2D eigenvalue weighted by Gasteiger charge is 2.33. The number of likely N-dealkylation sites (tertiary alicyclic amines) is 1. The minimum atomic E-state index is -0.408. The largest absolute Gasteiger partial charge is 0.448 e. The van der Waals surface area contributed by atoms with E-state index in [-0.39, 0.29) is 18.5 Å². The Morgan fingerprint density at radius 2 is 2.29 bits per heavy atom. The SMILES string of the molecule is Cc1cc([C@@H]2CCCCN2C(=O)CN2CCOC2=O)no1. The molecule has 2 aliphatic rings. The average molecular weight is 293 g/mol. The van der Waals surface area contributed by atoms with Gasteiger partial charge in [0, 0.05) is 12.6 Å². The summed E-state index contributed by atoms with van der Waals surface area (Å²) in [7, 11) is 0. The van der Waals surface area contributed by atoms with Crippen molar-refractivity contribution in [2.75, 3.05) is 26.2 Å². The van der Waals surface area contributed by atoms with Gasteiger partial charge in [0.05, 0.1) is 12.6 Å². The molecule has 0 aromatic carbocycles. The van der Waals surface area contributed by atoms with Crippen molar-refractivity contribution in [3.8, 4) is 0 Å². The van der Waals surface area contributed by atoms with E-state index >= 15 is 0 Å². The van der Waals surface area contributed by atoms with Crippen LogP contribution in [0.25, 0.3) is 0 Å². The number of nitrogens with zero attached hydrogens (tertiary/aromatic N) is 3. The highest BCUT2D eigenvalue weighted by Crippen LogP contribution is 2.30. The van der Waals surface area contributed by atoms with Gasteiger partial charge in [0.15, 0.2) is 0 Å². The molecular formula is C14H19N3O4. The molecule has 7 heteroatoms. The summed E-state index contributed by atoms with van der Waals surface area (Å²) in [5.74, 6) is 0.685. The van der Waals surface area contributed by atoms with Crippen LogP contribution in [-0.2, 0) is 9.53 Å². The maximum absolute atomic E-state index is 12.5. The zero-order chi connectivity index (χ0) is 14.8. The summed E-state index contributed by atoms with van der Waals surface area (Å²) in [6.45, 7) is 3.44. The molecule has 2 fully saturated rings. The maximum Gasteiger partial charge on any atom is 0.410 e. The number of ether oxygens (including phenoxy) is 1. The summed E-state index contributed by atoms with van der Waals surface area (Å²) in [6, 6.07) is 1.82. The van der Waals surface area contributed by atoms with E-state index in [1.165, 1.54) is 4.90 Å². The fraction of sp³-hybridized carbons (Fsp3) is 0.643. The first kappa shape index (κ1) is 13.9. The van der Waals surface area contributed by atoms with E-state index < -0.39 is 6.09 Å². The van der Waals surface area contributed by atoms with Gasteiger partial charge in [-0.2, -0.15) is 0 Å². The van der Waals surface area contributed by atoms with E-state index in [2.05, 4.69) is 5.16 Å². The summed E-state index contributed by atoms with van der Waals surface area (Å²) in [5, 5.41) is 4.04.